The van der Waals surface area contributed by atoms with Crippen molar-refractivity contribution < 1.29 is 4.42 Å². The van der Waals surface area contributed by atoms with E-state index in [0.717, 1.165) is 24.7 Å². The number of nitrogens with zero attached hydrogens (tertiary/aromatic N) is 2. The average molecular weight is 325 g/mol. The first kappa shape index (κ1) is 15.7. The van der Waals surface area contributed by atoms with Crippen LogP contribution in [0.4, 0.5) is 5.69 Å². The van der Waals surface area contributed by atoms with E-state index in [9.17, 15) is 0 Å². The standard InChI is InChI=1S/C20H27N3O/c1-2-5-17(6-3-1)22-18-7-4-13-23(15-18)19-10-8-16(9-11-19)20-21-12-14-24-20/h8-12,14,17-18,22H,1-7,13,15H2. The molecule has 1 atom stereocenters. The van der Waals surface area contributed by atoms with Crippen LogP contribution in [0.15, 0.2) is 41.1 Å². The minimum Gasteiger partial charge on any atom is -0.445 e. The number of piperidine rings is 1. The molecule has 2 aromatic rings. The lowest BCUT2D eigenvalue weighted by Crippen LogP contribution is -2.49. The van der Waals surface area contributed by atoms with Crippen LogP contribution in [0.3, 0.4) is 0 Å². The van der Waals surface area contributed by atoms with Gasteiger partial charge in [0.25, 0.3) is 0 Å². The third-order valence-corrected chi connectivity index (χ3v) is 5.41. The number of hydrogen-bond donors (Lipinski definition) is 1. The average Bonchev–Trinajstić information content (AvgIpc) is 3.18. The van der Waals surface area contributed by atoms with Crippen LogP contribution in [-0.4, -0.2) is 30.2 Å². The summed E-state index contributed by atoms with van der Waals surface area (Å²) in [6, 6.07) is 9.99. The second-order valence-corrected chi connectivity index (χ2v) is 7.17. The van der Waals surface area contributed by atoms with Crippen LogP contribution in [0.5, 0.6) is 0 Å². The van der Waals surface area contributed by atoms with Crippen molar-refractivity contribution in [2.45, 2.75) is 57.0 Å². The molecule has 4 heteroatoms. The molecule has 24 heavy (non-hydrogen) atoms. The van der Waals surface area contributed by atoms with Gasteiger partial charge in [-0.2, -0.15) is 0 Å². The highest BCUT2D eigenvalue weighted by molar-refractivity contribution is 5.59. The molecule has 128 valence electrons. The van der Waals surface area contributed by atoms with Gasteiger partial charge in [0.05, 0.1) is 6.20 Å². The zero-order chi connectivity index (χ0) is 16.2. The number of aromatic nitrogens is 1. The lowest BCUT2D eigenvalue weighted by molar-refractivity contribution is 0.312. The van der Waals surface area contributed by atoms with Crippen molar-refractivity contribution in [1.29, 1.82) is 0 Å². The summed E-state index contributed by atoms with van der Waals surface area (Å²) in [6.07, 6.45) is 12.8. The van der Waals surface area contributed by atoms with Gasteiger partial charge < -0.3 is 14.6 Å². The van der Waals surface area contributed by atoms with E-state index in [1.54, 1.807) is 12.5 Å². The second-order valence-electron chi connectivity index (χ2n) is 7.17. The Bertz CT molecular complexity index is 617. The van der Waals surface area contributed by atoms with Crippen LogP contribution in [-0.2, 0) is 0 Å². The van der Waals surface area contributed by atoms with E-state index in [4.69, 9.17) is 4.42 Å². The van der Waals surface area contributed by atoms with E-state index in [2.05, 4.69) is 39.5 Å². The molecule has 4 nitrogen and oxygen atoms in total. The van der Waals surface area contributed by atoms with Gasteiger partial charge in [-0.05, 0) is 49.9 Å². The number of nitrogens with one attached hydrogen (secondary N) is 1. The third-order valence-electron chi connectivity index (χ3n) is 5.41. The first-order chi connectivity index (χ1) is 11.9. The molecule has 1 aromatic heterocycles. The summed E-state index contributed by atoms with van der Waals surface area (Å²) < 4.78 is 5.37. The quantitative estimate of drug-likeness (QED) is 0.913. The van der Waals surface area contributed by atoms with Crippen molar-refractivity contribution >= 4 is 5.69 Å². The van der Waals surface area contributed by atoms with Gasteiger partial charge in [-0.3, -0.25) is 0 Å². The molecule has 1 aliphatic carbocycles. The Morgan fingerprint density at radius 1 is 0.958 bits per heavy atom. The lowest BCUT2D eigenvalue weighted by Gasteiger charge is -2.37. The number of anilines is 1. The van der Waals surface area contributed by atoms with E-state index in [0.29, 0.717) is 11.9 Å². The van der Waals surface area contributed by atoms with Crippen molar-refractivity contribution in [1.82, 2.24) is 10.3 Å². The largest absolute Gasteiger partial charge is 0.445 e. The highest BCUT2D eigenvalue weighted by Crippen LogP contribution is 2.25. The third kappa shape index (κ3) is 3.64. The molecule has 1 saturated heterocycles. The first-order valence-electron chi connectivity index (χ1n) is 9.39. The highest BCUT2D eigenvalue weighted by atomic mass is 16.3. The smallest absolute Gasteiger partial charge is 0.225 e. The summed E-state index contributed by atoms with van der Waals surface area (Å²) in [5.74, 6) is 0.692. The van der Waals surface area contributed by atoms with Gasteiger partial charge in [0.2, 0.25) is 5.89 Å². The zero-order valence-electron chi connectivity index (χ0n) is 14.3. The predicted octanol–water partition coefficient (Wildman–Crippen LogP) is 4.23. The van der Waals surface area contributed by atoms with Crippen molar-refractivity contribution in [3.05, 3.63) is 36.7 Å². The minimum absolute atomic E-state index is 0.633. The fourth-order valence-corrected chi connectivity index (χ4v) is 4.13. The summed E-state index contributed by atoms with van der Waals surface area (Å²) >= 11 is 0. The maximum Gasteiger partial charge on any atom is 0.225 e. The van der Waals surface area contributed by atoms with Gasteiger partial charge in [0.1, 0.15) is 6.26 Å². The normalized spacial score (nSPS) is 22.7. The van der Waals surface area contributed by atoms with Gasteiger partial charge in [0.15, 0.2) is 0 Å². The molecule has 1 aromatic carbocycles. The van der Waals surface area contributed by atoms with Crippen molar-refractivity contribution in [3.8, 4) is 11.5 Å². The summed E-state index contributed by atoms with van der Waals surface area (Å²) in [5, 5.41) is 3.92. The molecule has 1 N–H and O–H groups in total. The molecule has 1 aliphatic heterocycles. The van der Waals surface area contributed by atoms with Crippen LogP contribution in [0.25, 0.3) is 11.5 Å². The van der Waals surface area contributed by atoms with Gasteiger partial charge in [-0.15, -0.1) is 0 Å². The van der Waals surface area contributed by atoms with Crippen molar-refractivity contribution in [3.63, 3.8) is 0 Å². The van der Waals surface area contributed by atoms with Gasteiger partial charge in [0, 0.05) is 36.4 Å². The van der Waals surface area contributed by atoms with Crippen LogP contribution >= 0.6 is 0 Å². The second kappa shape index (κ2) is 7.39. The molecule has 4 rings (SSSR count). The molecule has 0 radical (unpaired) electrons. The Morgan fingerprint density at radius 3 is 2.50 bits per heavy atom. The van der Waals surface area contributed by atoms with Crippen LogP contribution in [0, 0.1) is 0 Å². The molecule has 2 aliphatic rings. The zero-order valence-corrected chi connectivity index (χ0v) is 14.3. The fraction of sp³-hybridized carbons (Fsp3) is 0.550. The van der Waals surface area contributed by atoms with Crippen molar-refractivity contribution in [2.75, 3.05) is 18.0 Å². The molecule has 1 saturated carbocycles. The number of benzene rings is 1. The monoisotopic (exact) mass is 325 g/mol. The molecule has 0 bridgehead atoms. The van der Waals surface area contributed by atoms with Gasteiger partial charge in [-0.1, -0.05) is 19.3 Å². The number of oxazole rings is 1. The Morgan fingerprint density at radius 2 is 1.75 bits per heavy atom. The van der Waals surface area contributed by atoms with E-state index >= 15 is 0 Å². The first-order valence-corrected chi connectivity index (χ1v) is 9.39. The lowest BCUT2D eigenvalue weighted by atomic mass is 9.93. The number of rotatable bonds is 4. The summed E-state index contributed by atoms with van der Waals surface area (Å²) in [4.78, 5) is 6.73. The SMILES string of the molecule is c1coc(-c2ccc(N3CCCC(NC4CCCCC4)C3)cc2)n1. The summed E-state index contributed by atoms with van der Waals surface area (Å²) in [5.41, 5.74) is 2.35. The van der Waals surface area contributed by atoms with Gasteiger partial charge >= 0.3 is 0 Å². The van der Waals surface area contributed by atoms with Crippen LogP contribution in [0.1, 0.15) is 44.9 Å². The topological polar surface area (TPSA) is 41.3 Å². The van der Waals surface area contributed by atoms with Crippen LogP contribution in [0.2, 0.25) is 0 Å². The minimum atomic E-state index is 0.633. The molecular weight excluding hydrogens is 298 g/mol. The summed E-state index contributed by atoms with van der Waals surface area (Å²) in [6.45, 7) is 2.27. The van der Waals surface area contributed by atoms with Crippen LogP contribution < -0.4 is 10.2 Å². The fourth-order valence-electron chi connectivity index (χ4n) is 4.13. The maximum atomic E-state index is 5.37. The van der Waals surface area contributed by atoms with E-state index < -0.39 is 0 Å². The Kier molecular flexibility index (Phi) is 4.83. The van der Waals surface area contributed by atoms with E-state index in [1.165, 1.54) is 50.6 Å². The molecule has 1 unspecified atom stereocenters. The Labute approximate surface area is 144 Å². The van der Waals surface area contributed by atoms with E-state index in [1.807, 2.05) is 0 Å². The molecule has 2 fully saturated rings. The molecule has 2 heterocycles. The molecular formula is C20H27N3O. The summed E-state index contributed by atoms with van der Waals surface area (Å²) in [7, 11) is 0. The molecule has 0 spiro atoms. The highest BCUT2D eigenvalue weighted by Gasteiger charge is 2.23. The van der Waals surface area contributed by atoms with Crippen molar-refractivity contribution in [2.24, 2.45) is 0 Å². The number of hydrogen-bond acceptors (Lipinski definition) is 4. The molecule has 0 amide bonds. The Hall–Kier alpha value is -1.81. The predicted molar refractivity (Wildman–Crippen MR) is 97.2 cm³/mol. The maximum absolute atomic E-state index is 5.37. The Balaban J connectivity index is 1.38. The van der Waals surface area contributed by atoms with E-state index in [-0.39, 0.29) is 0 Å². The van der Waals surface area contributed by atoms with Gasteiger partial charge in [-0.25, -0.2) is 4.98 Å².